The van der Waals surface area contributed by atoms with Crippen molar-refractivity contribution < 1.29 is 9.53 Å². The third kappa shape index (κ3) is 4.61. The molecule has 2 aromatic rings. The number of morpholine rings is 1. The van der Waals surface area contributed by atoms with Gasteiger partial charge >= 0.3 is 0 Å². The van der Waals surface area contributed by atoms with E-state index in [0.29, 0.717) is 6.42 Å². The Bertz CT molecular complexity index is 753. The Balaban J connectivity index is 1.75. The number of nitrogens with zero attached hydrogens (tertiary/aromatic N) is 3. The van der Waals surface area contributed by atoms with Crippen LogP contribution < -0.4 is 4.90 Å². The van der Waals surface area contributed by atoms with Gasteiger partial charge in [0.1, 0.15) is 0 Å². The summed E-state index contributed by atoms with van der Waals surface area (Å²) in [5.41, 5.74) is 3.45. The van der Waals surface area contributed by atoms with Gasteiger partial charge in [0, 0.05) is 32.6 Å². The molecule has 0 atom stereocenters. The topological polar surface area (TPSA) is 45.7 Å². The van der Waals surface area contributed by atoms with Crippen LogP contribution in [0.1, 0.15) is 37.3 Å². The molecule has 26 heavy (non-hydrogen) atoms. The predicted molar refractivity (Wildman–Crippen MR) is 108 cm³/mol. The molecule has 1 saturated heterocycles. The molecular weight excluding hydrogens is 346 g/mol. The van der Waals surface area contributed by atoms with Crippen molar-refractivity contribution in [3.05, 3.63) is 23.3 Å². The summed E-state index contributed by atoms with van der Waals surface area (Å²) in [4.78, 5) is 21.8. The number of anilines is 1. The van der Waals surface area contributed by atoms with E-state index in [1.165, 1.54) is 15.8 Å². The van der Waals surface area contributed by atoms with Crippen LogP contribution in [0.25, 0.3) is 10.2 Å². The van der Waals surface area contributed by atoms with Gasteiger partial charge in [-0.15, -0.1) is 0 Å². The van der Waals surface area contributed by atoms with Crippen molar-refractivity contribution >= 4 is 32.6 Å². The van der Waals surface area contributed by atoms with Crippen LogP contribution in [0, 0.1) is 13.8 Å². The third-order valence-electron chi connectivity index (χ3n) is 4.76. The number of hydrogen-bond acceptors (Lipinski definition) is 5. The zero-order valence-corrected chi connectivity index (χ0v) is 16.9. The molecular formula is C20H29N3O2S. The Kier molecular flexibility index (Phi) is 6.62. The van der Waals surface area contributed by atoms with Crippen LogP contribution in [-0.2, 0) is 9.53 Å². The number of aromatic nitrogens is 1. The van der Waals surface area contributed by atoms with E-state index in [2.05, 4.69) is 37.8 Å². The molecule has 0 saturated carbocycles. The summed E-state index contributed by atoms with van der Waals surface area (Å²) >= 11 is 1.64. The Morgan fingerprint density at radius 2 is 2.08 bits per heavy atom. The van der Waals surface area contributed by atoms with Crippen LogP contribution in [0.5, 0.6) is 0 Å². The Morgan fingerprint density at radius 3 is 2.81 bits per heavy atom. The van der Waals surface area contributed by atoms with E-state index in [1.54, 1.807) is 11.3 Å². The van der Waals surface area contributed by atoms with Gasteiger partial charge in [0.2, 0.25) is 5.91 Å². The minimum absolute atomic E-state index is 0.183. The van der Waals surface area contributed by atoms with E-state index in [9.17, 15) is 4.79 Å². The molecule has 1 aliphatic rings. The molecule has 1 fully saturated rings. The van der Waals surface area contributed by atoms with E-state index >= 15 is 0 Å². The van der Waals surface area contributed by atoms with Crippen molar-refractivity contribution in [3.63, 3.8) is 0 Å². The van der Waals surface area contributed by atoms with Crippen molar-refractivity contribution in [1.82, 2.24) is 9.88 Å². The minimum atomic E-state index is 0.183. The van der Waals surface area contributed by atoms with Crippen molar-refractivity contribution in [2.24, 2.45) is 0 Å². The second kappa shape index (κ2) is 8.93. The highest BCUT2D eigenvalue weighted by molar-refractivity contribution is 7.22. The summed E-state index contributed by atoms with van der Waals surface area (Å²) in [6.45, 7) is 11.6. The molecule has 1 aliphatic heterocycles. The van der Waals surface area contributed by atoms with Gasteiger partial charge in [-0.05, 0) is 43.9 Å². The number of hydrogen-bond donors (Lipinski definition) is 0. The fraction of sp³-hybridized carbons (Fsp3) is 0.600. The molecule has 2 heterocycles. The highest BCUT2D eigenvalue weighted by Gasteiger charge is 2.20. The average Bonchev–Trinajstić information content (AvgIpc) is 3.03. The van der Waals surface area contributed by atoms with Gasteiger partial charge in [-0.3, -0.25) is 14.6 Å². The van der Waals surface area contributed by atoms with Gasteiger partial charge in [0.15, 0.2) is 5.13 Å². The first-order valence-electron chi connectivity index (χ1n) is 9.56. The molecule has 1 amide bonds. The normalized spacial score (nSPS) is 15.5. The molecule has 3 rings (SSSR count). The lowest BCUT2D eigenvalue weighted by Gasteiger charge is -2.27. The van der Waals surface area contributed by atoms with E-state index in [0.717, 1.165) is 62.9 Å². The van der Waals surface area contributed by atoms with Crippen LogP contribution >= 0.6 is 11.3 Å². The van der Waals surface area contributed by atoms with Gasteiger partial charge in [-0.25, -0.2) is 4.98 Å². The van der Waals surface area contributed by atoms with Crippen molar-refractivity contribution in [3.8, 4) is 0 Å². The maximum Gasteiger partial charge on any atom is 0.228 e. The van der Waals surface area contributed by atoms with Crippen molar-refractivity contribution in [2.45, 2.75) is 40.0 Å². The lowest BCUT2D eigenvalue weighted by atomic mass is 10.1. The Morgan fingerprint density at radius 1 is 1.31 bits per heavy atom. The van der Waals surface area contributed by atoms with E-state index in [1.807, 2.05) is 4.90 Å². The fourth-order valence-corrected chi connectivity index (χ4v) is 4.49. The number of thiazole rings is 1. The third-order valence-corrected chi connectivity index (χ3v) is 5.99. The summed E-state index contributed by atoms with van der Waals surface area (Å²) in [5, 5.41) is 0.842. The molecule has 0 radical (unpaired) electrons. The lowest BCUT2D eigenvalue weighted by Crippen LogP contribution is -2.39. The van der Waals surface area contributed by atoms with E-state index in [-0.39, 0.29) is 5.91 Å². The molecule has 0 unspecified atom stereocenters. The Labute approximate surface area is 160 Å². The highest BCUT2D eigenvalue weighted by Crippen LogP contribution is 2.32. The number of carbonyl (C=O) groups excluding carboxylic acids is 1. The SMILES string of the molecule is CCCC(=O)N(CCCN1CCOCC1)c1nc2cc(C)cc(C)c2s1. The zero-order valence-electron chi connectivity index (χ0n) is 16.1. The average molecular weight is 376 g/mol. The number of carbonyl (C=O) groups is 1. The summed E-state index contributed by atoms with van der Waals surface area (Å²) in [7, 11) is 0. The number of amides is 1. The molecule has 5 nitrogen and oxygen atoms in total. The van der Waals surface area contributed by atoms with Gasteiger partial charge in [0.05, 0.1) is 23.4 Å². The molecule has 0 aliphatic carbocycles. The van der Waals surface area contributed by atoms with Gasteiger partial charge < -0.3 is 4.74 Å². The molecule has 1 aromatic carbocycles. The number of fused-ring (bicyclic) bond motifs is 1. The molecule has 142 valence electrons. The highest BCUT2D eigenvalue weighted by atomic mass is 32.1. The molecule has 1 aromatic heterocycles. The molecule has 6 heteroatoms. The molecule has 0 bridgehead atoms. The minimum Gasteiger partial charge on any atom is -0.379 e. The smallest absolute Gasteiger partial charge is 0.228 e. The standard InChI is InChI=1S/C20H29N3O2S/c1-4-6-18(24)23(8-5-7-22-9-11-25-12-10-22)20-21-17-14-15(2)13-16(3)19(17)26-20/h13-14H,4-12H2,1-3H3. The van der Waals surface area contributed by atoms with Crippen molar-refractivity contribution in [1.29, 1.82) is 0 Å². The first-order chi connectivity index (χ1) is 12.6. The van der Waals surface area contributed by atoms with Crippen molar-refractivity contribution in [2.75, 3.05) is 44.3 Å². The zero-order chi connectivity index (χ0) is 18.5. The molecule has 0 spiro atoms. The largest absolute Gasteiger partial charge is 0.379 e. The number of aryl methyl sites for hydroxylation is 2. The Hall–Kier alpha value is -1.50. The number of benzene rings is 1. The molecule has 0 N–H and O–H groups in total. The second-order valence-electron chi connectivity index (χ2n) is 7.03. The summed E-state index contributed by atoms with van der Waals surface area (Å²) < 4.78 is 6.59. The van der Waals surface area contributed by atoms with E-state index in [4.69, 9.17) is 9.72 Å². The van der Waals surface area contributed by atoms with Gasteiger partial charge in [-0.1, -0.05) is 24.3 Å². The first-order valence-corrected chi connectivity index (χ1v) is 10.4. The number of rotatable bonds is 7. The van der Waals surface area contributed by atoms with E-state index < -0.39 is 0 Å². The van der Waals surface area contributed by atoms with Crippen LogP contribution in [-0.4, -0.2) is 55.2 Å². The van der Waals surface area contributed by atoms with Crippen LogP contribution in [0.4, 0.5) is 5.13 Å². The summed E-state index contributed by atoms with van der Waals surface area (Å²) in [6, 6.07) is 4.29. The monoisotopic (exact) mass is 375 g/mol. The quantitative estimate of drug-likeness (QED) is 0.739. The number of ether oxygens (including phenoxy) is 1. The predicted octanol–water partition coefficient (Wildman–Crippen LogP) is 3.77. The van der Waals surface area contributed by atoms with Gasteiger partial charge in [-0.2, -0.15) is 0 Å². The van der Waals surface area contributed by atoms with Crippen LogP contribution in [0.3, 0.4) is 0 Å². The van der Waals surface area contributed by atoms with Crippen LogP contribution in [0.2, 0.25) is 0 Å². The maximum atomic E-state index is 12.7. The maximum absolute atomic E-state index is 12.7. The second-order valence-corrected chi connectivity index (χ2v) is 8.01. The first kappa shape index (κ1) is 19.3. The lowest BCUT2D eigenvalue weighted by molar-refractivity contribution is -0.118. The fourth-order valence-electron chi connectivity index (χ4n) is 3.43. The van der Waals surface area contributed by atoms with Gasteiger partial charge in [0.25, 0.3) is 0 Å². The van der Waals surface area contributed by atoms with Crippen LogP contribution in [0.15, 0.2) is 12.1 Å². The summed E-state index contributed by atoms with van der Waals surface area (Å²) in [6.07, 6.45) is 2.40. The summed E-state index contributed by atoms with van der Waals surface area (Å²) in [5.74, 6) is 0.183.